The molecular formula is C21H20NO4PS. The van der Waals surface area contributed by atoms with Crippen LogP contribution < -0.4 is 4.90 Å². The van der Waals surface area contributed by atoms with E-state index in [0.29, 0.717) is 0 Å². The number of para-hydroxylation sites is 1. The minimum absolute atomic E-state index is 0.0432. The molecular weight excluding hydrogens is 393 g/mol. The molecule has 5 nitrogen and oxygen atoms in total. The zero-order chi connectivity index (χ0) is 19.7. The first-order valence-electron chi connectivity index (χ1n) is 8.83. The molecule has 144 valence electrons. The summed E-state index contributed by atoms with van der Waals surface area (Å²) in [6, 6.07) is 17.4. The lowest BCUT2D eigenvalue weighted by atomic mass is 9.79. The van der Waals surface area contributed by atoms with E-state index in [0.717, 1.165) is 21.7 Å². The highest BCUT2D eigenvalue weighted by Crippen LogP contribution is 2.52. The summed E-state index contributed by atoms with van der Waals surface area (Å²) in [6.45, 7) is 0. The van der Waals surface area contributed by atoms with E-state index in [1.807, 2.05) is 73.8 Å². The molecule has 0 bridgehead atoms. The van der Waals surface area contributed by atoms with Crippen LogP contribution in [0.3, 0.4) is 0 Å². The van der Waals surface area contributed by atoms with Crippen molar-refractivity contribution in [1.82, 2.24) is 0 Å². The minimum Gasteiger partial charge on any atom is -0.397 e. The summed E-state index contributed by atoms with van der Waals surface area (Å²) >= 11 is 1.23. The Balaban J connectivity index is 1.93. The summed E-state index contributed by atoms with van der Waals surface area (Å²) < 4.78 is 17.0. The van der Waals surface area contributed by atoms with E-state index >= 15 is 0 Å². The molecule has 0 aromatic heterocycles. The highest BCUT2D eigenvalue weighted by Gasteiger charge is 2.37. The quantitative estimate of drug-likeness (QED) is 0.426. The SMILES string of the molecule is CN1c2ccccc2/C(=C(\OP(=O)(O)O)Sc2ccccc2)C2C=CC=CC21. The second-order valence-electron chi connectivity index (χ2n) is 6.61. The highest BCUT2D eigenvalue weighted by molar-refractivity contribution is 8.03. The predicted octanol–water partition coefficient (Wildman–Crippen LogP) is 4.82. The molecule has 0 fully saturated rings. The second-order valence-corrected chi connectivity index (χ2v) is 8.82. The minimum atomic E-state index is -4.73. The summed E-state index contributed by atoms with van der Waals surface area (Å²) in [4.78, 5) is 22.2. The highest BCUT2D eigenvalue weighted by atomic mass is 32.2. The molecule has 1 heterocycles. The van der Waals surface area contributed by atoms with Gasteiger partial charge in [-0.15, -0.1) is 0 Å². The zero-order valence-corrected chi connectivity index (χ0v) is 16.9. The second kappa shape index (κ2) is 7.64. The molecule has 2 unspecified atom stereocenters. The number of phosphoric ester groups is 1. The summed E-state index contributed by atoms with van der Waals surface area (Å²) in [5.74, 6) is -0.0809. The van der Waals surface area contributed by atoms with Crippen LogP contribution >= 0.6 is 19.6 Å². The van der Waals surface area contributed by atoms with Gasteiger partial charge in [-0.25, -0.2) is 4.57 Å². The van der Waals surface area contributed by atoms with Gasteiger partial charge in [-0.1, -0.05) is 72.5 Å². The van der Waals surface area contributed by atoms with Crippen LogP contribution in [0.4, 0.5) is 5.69 Å². The van der Waals surface area contributed by atoms with Gasteiger partial charge in [0.05, 0.1) is 6.04 Å². The number of nitrogens with zero attached hydrogens (tertiary/aromatic N) is 1. The first kappa shape index (κ1) is 19.1. The van der Waals surface area contributed by atoms with Crippen molar-refractivity contribution in [2.24, 2.45) is 5.92 Å². The number of anilines is 1. The van der Waals surface area contributed by atoms with Gasteiger partial charge in [0, 0.05) is 34.7 Å². The fourth-order valence-corrected chi connectivity index (χ4v) is 5.27. The lowest BCUT2D eigenvalue weighted by molar-refractivity contribution is 0.254. The van der Waals surface area contributed by atoms with Gasteiger partial charge in [0.2, 0.25) is 0 Å². The first-order chi connectivity index (χ1) is 13.4. The van der Waals surface area contributed by atoms with Crippen LogP contribution in [-0.4, -0.2) is 22.9 Å². The standard InChI is InChI=1S/C21H20NO4PS/c1-22-18-13-7-5-11-16(18)20(17-12-6-8-14-19(17)22)21(26-27(23,24)25)28-15-9-3-2-4-10-15/h2-14,16,18H,1H3,(H2,23,24,25)/b21-20+. The molecule has 1 aliphatic carbocycles. The molecule has 1 aliphatic heterocycles. The summed E-state index contributed by atoms with van der Waals surface area (Å²) in [5.41, 5.74) is 2.70. The van der Waals surface area contributed by atoms with Crippen molar-refractivity contribution < 1.29 is 18.9 Å². The van der Waals surface area contributed by atoms with Crippen LogP contribution in [0.25, 0.3) is 5.57 Å². The number of likely N-dealkylation sites (N-methyl/N-ethyl adjacent to an activating group) is 1. The molecule has 4 rings (SSSR count). The van der Waals surface area contributed by atoms with Gasteiger partial charge in [-0.2, -0.15) is 0 Å². The zero-order valence-electron chi connectivity index (χ0n) is 15.2. The molecule has 2 aliphatic rings. The third-order valence-electron chi connectivity index (χ3n) is 4.84. The number of rotatable bonds is 4. The topological polar surface area (TPSA) is 70.0 Å². The molecule has 0 spiro atoms. The average Bonchev–Trinajstić information content (AvgIpc) is 2.68. The van der Waals surface area contributed by atoms with Crippen molar-refractivity contribution in [2.45, 2.75) is 10.9 Å². The van der Waals surface area contributed by atoms with Crippen LogP contribution in [-0.2, 0) is 9.09 Å². The van der Waals surface area contributed by atoms with Crippen LogP contribution in [0, 0.1) is 5.92 Å². The van der Waals surface area contributed by atoms with Crippen molar-refractivity contribution in [2.75, 3.05) is 11.9 Å². The molecule has 7 heteroatoms. The molecule has 2 aromatic rings. The summed E-state index contributed by atoms with van der Waals surface area (Å²) in [5, 5.41) is 0.232. The van der Waals surface area contributed by atoms with Crippen molar-refractivity contribution in [3.63, 3.8) is 0 Å². The van der Waals surface area contributed by atoms with E-state index in [-0.39, 0.29) is 17.1 Å². The van der Waals surface area contributed by atoms with Gasteiger partial charge in [-0.05, 0) is 18.2 Å². The summed E-state index contributed by atoms with van der Waals surface area (Å²) in [6.07, 6.45) is 8.12. The Morgan fingerprint density at radius 2 is 1.71 bits per heavy atom. The Kier molecular flexibility index (Phi) is 5.21. The van der Waals surface area contributed by atoms with E-state index in [2.05, 4.69) is 17.1 Å². The maximum atomic E-state index is 11.8. The molecule has 0 amide bonds. The predicted molar refractivity (Wildman–Crippen MR) is 113 cm³/mol. The Bertz CT molecular complexity index is 1010. The average molecular weight is 413 g/mol. The lowest BCUT2D eigenvalue weighted by Gasteiger charge is -2.42. The van der Waals surface area contributed by atoms with Gasteiger partial charge in [-0.3, -0.25) is 9.79 Å². The molecule has 28 heavy (non-hydrogen) atoms. The van der Waals surface area contributed by atoms with Gasteiger partial charge in [0.15, 0.2) is 5.09 Å². The Hall–Kier alpha value is -2.24. The number of benzene rings is 2. The third-order valence-corrected chi connectivity index (χ3v) is 6.38. The normalized spacial score (nSPS) is 22.5. The van der Waals surface area contributed by atoms with Gasteiger partial charge in [0.1, 0.15) is 0 Å². The number of hydrogen-bond acceptors (Lipinski definition) is 4. The van der Waals surface area contributed by atoms with Crippen molar-refractivity contribution in [1.29, 1.82) is 0 Å². The lowest BCUT2D eigenvalue weighted by Crippen LogP contribution is -2.41. The molecule has 0 saturated carbocycles. The molecule has 0 radical (unpaired) electrons. The third kappa shape index (κ3) is 3.82. The summed E-state index contributed by atoms with van der Waals surface area (Å²) in [7, 11) is -2.70. The maximum absolute atomic E-state index is 11.8. The number of thioether (sulfide) groups is 1. The van der Waals surface area contributed by atoms with Crippen LogP contribution in [0.5, 0.6) is 0 Å². The van der Waals surface area contributed by atoms with Crippen LogP contribution in [0.2, 0.25) is 0 Å². The van der Waals surface area contributed by atoms with Crippen molar-refractivity contribution in [3.8, 4) is 0 Å². The maximum Gasteiger partial charge on any atom is 0.525 e. The smallest absolute Gasteiger partial charge is 0.397 e. The molecule has 2 atom stereocenters. The largest absolute Gasteiger partial charge is 0.525 e. The van der Waals surface area contributed by atoms with E-state index in [1.54, 1.807) is 0 Å². The number of hydrogen-bond donors (Lipinski definition) is 2. The fraction of sp³-hybridized carbons (Fsp3) is 0.143. The van der Waals surface area contributed by atoms with Crippen molar-refractivity contribution in [3.05, 3.63) is 89.6 Å². The van der Waals surface area contributed by atoms with Crippen LogP contribution in [0.1, 0.15) is 5.56 Å². The first-order valence-corrected chi connectivity index (χ1v) is 11.2. The van der Waals surface area contributed by atoms with E-state index in [1.165, 1.54) is 11.8 Å². The van der Waals surface area contributed by atoms with Gasteiger partial charge >= 0.3 is 7.82 Å². The van der Waals surface area contributed by atoms with E-state index < -0.39 is 7.82 Å². The molecule has 2 aromatic carbocycles. The Labute approximate surface area is 168 Å². The van der Waals surface area contributed by atoms with Crippen LogP contribution in [0.15, 0.2) is 88.9 Å². The van der Waals surface area contributed by atoms with E-state index in [9.17, 15) is 14.4 Å². The Morgan fingerprint density at radius 3 is 2.46 bits per heavy atom. The molecule has 0 saturated heterocycles. The Morgan fingerprint density at radius 1 is 1.04 bits per heavy atom. The molecule has 2 N–H and O–H groups in total. The van der Waals surface area contributed by atoms with Gasteiger partial charge < -0.3 is 9.42 Å². The fourth-order valence-electron chi connectivity index (χ4n) is 3.65. The van der Waals surface area contributed by atoms with Crippen molar-refractivity contribution >= 4 is 30.8 Å². The monoisotopic (exact) mass is 413 g/mol. The number of allylic oxidation sites excluding steroid dienone is 2. The number of fused-ring (bicyclic) bond motifs is 2. The van der Waals surface area contributed by atoms with Gasteiger partial charge in [0.25, 0.3) is 0 Å². The van der Waals surface area contributed by atoms with E-state index in [4.69, 9.17) is 4.52 Å². The number of phosphoric acid groups is 1.